The molecule has 0 aromatic heterocycles. The van der Waals surface area contributed by atoms with E-state index in [1.54, 1.807) is 0 Å². The van der Waals surface area contributed by atoms with E-state index in [-0.39, 0.29) is 11.9 Å². The lowest BCUT2D eigenvalue weighted by atomic mass is 10.4. The first-order valence-electron chi connectivity index (χ1n) is 5.14. The van der Waals surface area contributed by atoms with Crippen molar-refractivity contribution in [1.82, 2.24) is 16.0 Å². The molecule has 5 N–H and O–H groups in total. The molecule has 1 saturated carbocycles. The van der Waals surface area contributed by atoms with Gasteiger partial charge in [0.1, 0.15) is 0 Å². The molecule has 0 bridgehead atoms. The zero-order chi connectivity index (χ0) is 10.4. The van der Waals surface area contributed by atoms with Gasteiger partial charge in [0.2, 0.25) is 0 Å². The topological polar surface area (TPSA) is 83.8 Å². The van der Waals surface area contributed by atoms with Crippen molar-refractivity contribution in [3.05, 3.63) is 0 Å². The first kappa shape index (κ1) is 10.8. The lowest BCUT2D eigenvalue weighted by Crippen LogP contribution is -2.46. The highest BCUT2D eigenvalue weighted by atomic mass is 15.2. The summed E-state index contributed by atoms with van der Waals surface area (Å²) in [5, 5.41) is 23.3. The third kappa shape index (κ3) is 4.69. The van der Waals surface area contributed by atoms with Gasteiger partial charge in [-0.05, 0) is 25.2 Å². The Hall–Kier alpha value is -1.26. The van der Waals surface area contributed by atoms with Crippen LogP contribution in [0.5, 0.6) is 0 Å². The molecule has 80 valence electrons. The van der Waals surface area contributed by atoms with Crippen LogP contribution in [-0.4, -0.2) is 25.0 Å². The summed E-state index contributed by atoms with van der Waals surface area (Å²) in [4.78, 5) is 0. The minimum atomic E-state index is 0.195. The van der Waals surface area contributed by atoms with Gasteiger partial charge in [0, 0.05) is 13.1 Å². The summed E-state index contributed by atoms with van der Waals surface area (Å²) < 4.78 is 0. The van der Waals surface area contributed by atoms with Crippen molar-refractivity contribution in [1.29, 1.82) is 10.8 Å². The normalized spacial score (nSPS) is 14.6. The van der Waals surface area contributed by atoms with Gasteiger partial charge in [0.05, 0.1) is 0 Å². The molecule has 0 heterocycles. The van der Waals surface area contributed by atoms with Crippen LogP contribution in [0.3, 0.4) is 0 Å². The lowest BCUT2D eigenvalue weighted by molar-refractivity contribution is 0.752. The predicted molar refractivity (Wildman–Crippen MR) is 57.6 cm³/mol. The van der Waals surface area contributed by atoms with E-state index in [4.69, 9.17) is 10.8 Å². The molecule has 5 heteroatoms. The predicted octanol–water partition coefficient (Wildman–Crippen LogP) is 0.445. The molecule has 0 amide bonds. The van der Waals surface area contributed by atoms with Crippen molar-refractivity contribution in [2.24, 2.45) is 5.92 Å². The summed E-state index contributed by atoms with van der Waals surface area (Å²) in [5.74, 6) is 1.15. The molecule has 0 aromatic carbocycles. The van der Waals surface area contributed by atoms with Gasteiger partial charge >= 0.3 is 0 Å². The Morgan fingerprint density at radius 1 is 1.21 bits per heavy atom. The Bertz CT molecular complexity index is 209. The molecular formula is C9H19N5. The summed E-state index contributed by atoms with van der Waals surface area (Å²) in [6.45, 7) is 3.66. The van der Waals surface area contributed by atoms with Crippen LogP contribution in [-0.2, 0) is 0 Å². The van der Waals surface area contributed by atoms with Crippen molar-refractivity contribution in [3.8, 4) is 0 Å². The average molecular weight is 197 g/mol. The van der Waals surface area contributed by atoms with Crippen LogP contribution in [0.1, 0.15) is 26.2 Å². The second-order valence-corrected chi connectivity index (χ2v) is 3.63. The number of hydrogen-bond donors (Lipinski definition) is 5. The van der Waals surface area contributed by atoms with Gasteiger partial charge in [-0.2, -0.15) is 0 Å². The molecule has 0 radical (unpaired) electrons. The fourth-order valence-corrected chi connectivity index (χ4v) is 1.03. The molecule has 1 fully saturated rings. The molecule has 0 unspecified atom stereocenters. The van der Waals surface area contributed by atoms with Crippen LogP contribution < -0.4 is 16.0 Å². The average Bonchev–Trinajstić information content (AvgIpc) is 2.95. The molecule has 1 aliphatic rings. The van der Waals surface area contributed by atoms with Gasteiger partial charge in [-0.15, -0.1) is 0 Å². The van der Waals surface area contributed by atoms with Crippen molar-refractivity contribution in [2.45, 2.75) is 26.2 Å². The van der Waals surface area contributed by atoms with Gasteiger partial charge in [0.25, 0.3) is 0 Å². The summed E-state index contributed by atoms with van der Waals surface area (Å²) in [6.07, 6.45) is 3.52. The molecule has 5 nitrogen and oxygen atoms in total. The van der Waals surface area contributed by atoms with E-state index >= 15 is 0 Å². The van der Waals surface area contributed by atoms with Gasteiger partial charge in [0.15, 0.2) is 11.9 Å². The third-order valence-electron chi connectivity index (χ3n) is 2.07. The molecule has 0 aliphatic heterocycles. The minimum Gasteiger partial charge on any atom is -0.356 e. The quantitative estimate of drug-likeness (QED) is 0.335. The van der Waals surface area contributed by atoms with Crippen molar-refractivity contribution in [3.63, 3.8) is 0 Å². The first-order valence-corrected chi connectivity index (χ1v) is 5.14. The summed E-state index contributed by atoms with van der Waals surface area (Å²) in [6, 6.07) is 0. The fourth-order valence-electron chi connectivity index (χ4n) is 1.03. The summed E-state index contributed by atoms with van der Waals surface area (Å²) in [5.41, 5.74) is 0. The van der Waals surface area contributed by atoms with Crippen LogP contribution in [0.25, 0.3) is 0 Å². The number of rotatable bonds is 4. The summed E-state index contributed by atoms with van der Waals surface area (Å²) >= 11 is 0. The van der Waals surface area contributed by atoms with E-state index in [0.29, 0.717) is 0 Å². The Kier molecular flexibility index (Phi) is 4.22. The van der Waals surface area contributed by atoms with Crippen LogP contribution in [0, 0.1) is 16.7 Å². The van der Waals surface area contributed by atoms with Crippen LogP contribution in [0.4, 0.5) is 0 Å². The largest absolute Gasteiger partial charge is 0.356 e. The summed E-state index contributed by atoms with van der Waals surface area (Å²) in [7, 11) is 0. The van der Waals surface area contributed by atoms with Crippen molar-refractivity contribution < 1.29 is 0 Å². The molecule has 14 heavy (non-hydrogen) atoms. The van der Waals surface area contributed by atoms with Gasteiger partial charge in [-0.3, -0.25) is 16.1 Å². The Morgan fingerprint density at radius 3 is 2.43 bits per heavy atom. The highest BCUT2D eigenvalue weighted by Gasteiger charge is 2.20. The van der Waals surface area contributed by atoms with E-state index in [1.165, 1.54) is 12.8 Å². The molecular weight excluding hydrogens is 178 g/mol. The highest BCUT2D eigenvalue weighted by Crippen LogP contribution is 2.27. The van der Waals surface area contributed by atoms with Crippen LogP contribution >= 0.6 is 0 Å². The van der Waals surface area contributed by atoms with Gasteiger partial charge in [-0.25, -0.2) is 0 Å². The number of hydrogen-bond acceptors (Lipinski definition) is 2. The van der Waals surface area contributed by atoms with Crippen LogP contribution in [0.15, 0.2) is 0 Å². The zero-order valence-corrected chi connectivity index (χ0v) is 8.61. The lowest BCUT2D eigenvalue weighted by Gasteiger charge is -2.11. The Morgan fingerprint density at radius 2 is 1.86 bits per heavy atom. The van der Waals surface area contributed by atoms with E-state index in [9.17, 15) is 0 Å². The molecule has 0 atom stereocenters. The van der Waals surface area contributed by atoms with Crippen molar-refractivity contribution >= 4 is 11.9 Å². The monoisotopic (exact) mass is 197 g/mol. The number of nitrogens with one attached hydrogen (secondary N) is 5. The Balaban J connectivity index is 2.02. The van der Waals surface area contributed by atoms with E-state index < -0.39 is 0 Å². The van der Waals surface area contributed by atoms with Crippen LogP contribution in [0.2, 0.25) is 0 Å². The molecule has 1 rings (SSSR count). The highest BCUT2D eigenvalue weighted by molar-refractivity contribution is 5.95. The number of guanidine groups is 2. The van der Waals surface area contributed by atoms with Gasteiger partial charge in [-0.1, -0.05) is 6.92 Å². The van der Waals surface area contributed by atoms with E-state index in [0.717, 1.165) is 25.4 Å². The second-order valence-electron chi connectivity index (χ2n) is 3.63. The van der Waals surface area contributed by atoms with E-state index in [1.807, 2.05) is 6.92 Å². The maximum atomic E-state index is 7.47. The van der Waals surface area contributed by atoms with Crippen molar-refractivity contribution in [2.75, 3.05) is 13.1 Å². The standard InChI is InChI=1S/C9H19N5/c1-2-5-12-8(10)14-9(11)13-6-7-3-4-7/h7H,2-6H2,1H3,(H5,10,11,12,13,14). The van der Waals surface area contributed by atoms with E-state index in [2.05, 4.69) is 16.0 Å². The molecule has 0 saturated heterocycles. The first-order chi connectivity index (χ1) is 6.72. The zero-order valence-electron chi connectivity index (χ0n) is 8.61. The molecule has 1 aliphatic carbocycles. The molecule has 0 spiro atoms. The fraction of sp³-hybridized carbons (Fsp3) is 0.778. The maximum Gasteiger partial charge on any atom is 0.195 e. The SMILES string of the molecule is CCCNC(=N)NC(=N)NCC1CC1. The maximum absolute atomic E-state index is 7.47. The van der Waals surface area contributed by atoms with Gasteiger partial charge < -0.3 is 10.6 Å². The minimum absolute atomic E-state index is 0.195. The smallest absolute Gasteiger partial charge is 0.195 e. The second kappa shape index (κ2) is 5.47. The molecule has 0 aromatic rings. The Labute approximate surface area is 84.7 Å². The third-order valence-corrected chi connectivity index (χ3v) is 2.07.